The van der Waals surface area contributed by atoms with Crippen LogP contribution in [0.1, 0.15) is 37.0 Å². The zero-order valence-corrected chi connectivity index (χ0v) is 24.3. The second-order valence-corrected chi connectivity index (χ2v) is 10.7. The third kappa shape index (κ3) is 6.53. The molecule has 0 aliphatic carbocycles. The minimum absolute atomic E-state index is 0.0511. The molecule has 0 saturated carbocycles. The fourth-order valence-electron chi connectivity index (χ4n) is 4.21. The van der Waals surface area contributed by atoms with E-state index < -0.39 is 11.8 Å². The molecular formula is C31H31FN8O3. The smallest absolute Gasteiger partial charge is 0.324 e. The van der Waals surface area contributed by atoms with Crippen LogP contribution in [0.4, 0.5) is 26.5 Å². The number of amides is 3. The number of aromatic nitrogens is 4. The van der Waals surface area contributed by atoms with E-state index in [0.29, 0.717) is 11.6 Å². The van der Waals surface area contributed by atoms with Crippen molar-refractivity contribution in [2.24, 2.45) is 0 Å². The quantitative estimate of drug-likeness (QED) is 0.182. The SMILES string of the molecule is CNC(=O)c1cc(Oc2ccc(NC(=O)Nc3cc(C(C)(C)C)nn3-c3ccc4nc(NC)ccc4c3)c(F)c2)ccn1. The highest BCUT2D eigenvalue weighted by atomic mass is 19.1. The summed E-state index contributed by atoms with van der Waals surface area (Å²) in [4.78, 5) is 33.4. The maximum atomic E-state index is 15.0. The molecule has 5 rings (SSSR count). The third-order valence-corrected chi connectivity index (χ3v) is 6.51. The number of benzene rings is 2. The van der Waals surface area contributed by atoms with Gasteiger partial charge in [-0.05, 0) is 48.5 Å². The van der Waals surface area contributed by atoms with Crippen molar-refractivity contribution in [3.63, 3.8) is 0 Å². The van der Waals surface area contributed by atoms with Crippen LogP contribution in [0.3, 0.4) is 0 Å². The summed E-state index contributed by atoms with van der Waals surface area (Å²) in [5, 5.41) is 16.5. The van der Waals surface area contributed by atoms with Gasteiger partial charge in [0, 0.05) is 49.3 Å². The largest absolute Gasteiger partial charge is 0.457 e. The summed E-state index contributed by atoms with van der Waals surface area (Å²) >= 11 is 0. The molecule has 0 unspecified atom stereocenters. The van der Waals surface area contributed by atoms with E-state index in [1.54, 1.807) is 16.8 Å². The summed E-state index contributed by atoms with van der Waals surface area (Å²) in [6, 6.07) is 17.7. The molecule has 0 aliphatic heterocycles. The van der Waals surface area contributed by atoms with E-state index in [2.05, 4.69) is 31.2 Å². The zero-order valence-electron chi connectivity index (χ0n) is 24.3. The number of carbonyl (C=O) groups is 2. The number of halogens is 1. The van der Waals surface area contributed by atoms with Crippen LogP contribution in [0, 0.1) is 5.82 Å². The van der Waals surface area contributed by atoms with Crippen LogP contribution >= 0.6 is 0 Å². The van der Waals surface area contributed by atoms with Crippen molar-refractivity contribution >= 4 is 40.2 Å². The highest BCUT2D eigenvalue weighted by Gasteiger charge is 2.22. The molecule has 220 valence electrons. The van der Waals surface area contributed by atoms with E-state index in [1.165, 1.54) is 31.4 Å². The molecule has 3 heterocycles. The molecule has 11 nitrogen and oxygen atoms in total. The number of urea groups is 1. The van der Waals surface area contributed by atoms with Gasteiger partial charge in [0.1, 0.15) is 34.6 Å². The maximum Gasteiger partial charge on any atom is 0.324 e. The Hall–Kier alpha value is -5.52. The predicted molar refractivity (Wildman–Crippen MR) is 164 cm³/mol. The molecule has 0 saturated heterocycles. The number of pyridine rings is 2. The lowest BCUT2D eigenvalue weighted by molar-refractivity contribution is 0.0957. The summed E-state index contributed by atoms with van der Waals surface area (Å²) in [6.07, 6.45) is 1.42. The number of nitrogens with zero attached hydrogens (tertiary/aromatic N) is 4. The van der Waals surface area contributed by atoms with Crippen LogP contribution in [0.2, 0.25) is 0 Å². The Morgan fingerprint density at radius 1 is 0.907 bits per heavy atom. The van der Waals surface area contributed by atoms with E-state index in [4.69, 9.17) is 9.84 Å². The average molecular weight is 583 g/mol. The first kappa shape index (κ1) is 29.0. The fraction of sp³-hybridized carbons (Fsp3) is 0.194. The average Bonchev–Trinajstić information content (AvgIpc) is 3.42. The number of hydrogen-bond acceptors (Lipinski definition) is 7. The van der Waals surface area contributed by atoms with Crippen molar-refractivity contribution in [2.45, 2.75) is 26.2 Å². The molecule has 3 aromatic heterocycles. The predicted octanol–water partition coefficient (Wildman–Crippen LogP) is 6.09. The molecule has 0 atom stereocenters. The van der Waals surface area contributed by atoms with Gasteiger partial charge in [-0.15, -0.1) is 0 Å². The number of hydrogen-bond donors (Lipinski definition) is 4. The van der Waals surface area contributed by atoms with E-state index >= 15 is 0 Å². The lowest BCUT2D eigenvalue weighted by Gasteiger charge is -2.14. The van der Waals surface area contributed by atoms with Gasteiger partial charge in [0.05, 0.1) is 22.6 Å². The molecular weight excluding hydrogens is 551 g/mol. The van der Waals surface area contributed by atoms with E-state index in [0.717, 1.165) is 34.2 Å². The Bertz CT molecular complexity index is 1830. The normalized spacial score (nSPS) is 11.2. The van der Waals surface area contributed by atoms with Crippen LogP contribution in [0.25, 0.3) is 16.6 Å². The van der Waals surface area contributed by atoms with Crippen molar-refractivity contribution in [1.29, 1.82) is 0 Å². The van der Waals surface area contributed by atoms with E-state index in [1.807, 2.05) is 58.2 Å². The van der Waals surface area contributed by atoms with Gasteiger partial charge in [-0.25, -0.2) is 18.9 Å². The lowest BCUT2D eigenvalue weighted by atomic mass is 9.92. The van der Waals surface area contributed by atoms with Gasteiger partial charge < -0.3 is 20.7 Å². The Morgan fingerprint density at radius 3 is 2.42 bits per heavy atom. The van der Waals surface area contributed by atoms with Gasteiger partial charge in [0.15, 0.2) is 0 Å². The number of anilines is 3. The summed E-state index contributed by atoms with van der Waals surface area (Å²) in [6.45, 7) is 6.08. The Kier molecular flexibility index (Phi) is 7.93. The summed E-state index contributed by atoms with van der Waals surface area (Å²) in [5.74, 6) is 0.567. The topological polar surface area (TPSA) is 135 Å². The molecule has 43 heavy (non-hydrogen) atoms. The molecule has 3 amide bonds. The molecule has 0 radical (unpaired) electrons. The van der Waals surface area contributed by atoms with Crippen molar-refractivity contribution in [1.82, 2.24) is 25.1 Å². The van der Waals surface area contributed by atoms with Crippen LogP contribution < -0.4 is 26.0 Å². The van der Waals surface area contributed by atoms with Gasteiger partial charge in [-0.2, -0.15) is 5.10 Å². The minimum Gasteiger partial charge on any atom is -0.457 e. The zero-order chi connectivity index (χ0) is 30.7. The molecule has 0 fully saturated rings. The minimum atomic E-state index is -0.708. The van der Waals surface area contributed by atoms with Crippen molar-refractivity contribution < 1.29 is 18.7 Å². The molecule has 0 spiro atoms. The Balaban J connectivity index is 1.35. The molecule has 5 aromatic rings. The van der Waals surface area contributed by atoms with Crippen LogP contribution in [-0.4, -0.2) is 45.8 Å². The number of ether oxygens (including phenoxy) is 1. The number of rotatable bonds is 7. The van der Waals surface area contributed by atoms with Crippen LogP contribution in [0.15, 0.2) is 72.9 Å². The summed E-state index contributed by atoms with van der Waals surface area (Å²) in [5.41, 5.74) is 2.11. The first-order valence-corrected chi connectivity index (χ1v) is 13.5. The number of carbonyl (C=O) groups excluding carboxylic acids is 2. The van der Waals surface area contributed by atoms with Crippen molar-refractivity contribution in [2.75, 3.05) is 30.0 Å². The second kappa shape index (κ2) is 11.8. The van der Waals surface area contributed by atoms with Gasteiger partial charge >= 0.3 is 6.03 Å². The lowest BCUT2D eigenvalue weighted by Crippen LogP contribution is -2.22. The van der Waals surface area contributed by atoms with Crippen molar-refractivity contribution in [3.8, 4) is 17.2 Å². The standard InChI is InChI=1S/C31H31FN8O3/c1-31(2,3)26-17-28(40(39-26)19-7-9-23-18(14-19)6-11-27(33-4)36-23)38-30(42)37-24-10-8-20(15-22(24)32)43-21-12-13-35-25(16-21)29(41)34-5/h6-17H,1-5H3,(H,33,36)(H,34,41)(H2,37,38,42). The number of fused-ring (bicyclic) bond motifs is 1. The van der Waals surface area contributed by atoms with Gasteiger partial charge in [0.2, 0.25) is 0 Å². The van der Waals surface area contributed by atoms with Gasteiger partial charge in [0.25, 0.3) is 5.91 Å². The van der Waals surface area contributed by atoms with E-state index in [9.17, 15) is 14.0 Å². The van der Waals surface area contributed by atoms with Crippen molar-refractivity contribution in [3.05, 3.63) is 90.1 Å². The Morgan fingerprint density at radius 2 is 1.70 bits per heavy atom. The fourth-order valence-corrected chi connectivity index (χ4v) is 4.21. The molecule has 0 aliphatic rings. The molecule has 4 N–H and O–H groups in total. The number of nitrogens with one attached hydrogen (secondary N) is 4. The molecule has 12 heteroatoms. The third-order valence-electron chi connectivity index (χ3n) is 6.51. The maximum absolute atomic E-state index is 15.0. The van der Waals surface area contributed by atoms with Crippen LogP contribution in [-0.2, 0) is 5.41 Å². The second-order valence-electron chi connectivity index (χ2n) is 10.7. The first-order valence-electron chi connectivity index (χ1n) is 13.5. The molecule has 0 bridgehead atoms. The Labute approximate surface area is 247 Å². The van der Waals surface area contributed by atoms with E-state index in [-0.39, 0.29) is 28.5 Å². The molecule has 2 aromatic carbocycles. The monoisotopic (exact) mass is 582 g/mol. The highest BCUT2D eigenvalue weighted by molar-refractivity contribution is 5.99. The summed E-state index contributed by atoms with van der Waals surface area (Å²) in [7, 11) is 3.30. The van der Waals surface area contributed by atoms with Gasteiger partial charge in [-0.3, -0.25) is 15.1 Å². The van der Waals surface area contributed by atoms with Crippen LogP contribution in [0.5, 0.6) is 11.5 Å². The highest BCUT2D eigenvalue weighted by Crippen LogP contribution is 2.29. The first-order chi connectivity index (χ1) is 20.5. The van der Waals surface area contributed by atoms with Gasteiger partial charge in [-0.1, -0.05) is 20.8 Å². The summed E-state index contributed by atoms with van der Waals surface area (Å²) < 4.78 is 22.3.